The maximum absolute atomic E-state index is 12.9. The van der Waals surface area contributed by atoms with Crippen molar-refractivity contribution in [1.82, 2.24) is 24.3 Å². The minimum atomic E-state index is -0.222. The van der Waals surface area contributed by atoms with Crippen LogP contribution in [-0.2, 0) is 18.8 Å². The van der Waals surface area contributed by atoms with E-state index in [-0.39, 0.29) is 12.1 Å². The second-order valence-electron chi connectivity index (χ2n) is 7.24. The number of thioether (sulfide) groups is 1. The molecule has 0 radical (unpaired) electrons. The van der Waals surface area contributed by atoms with E-state index in [1.165, 1.54) is 16.3 Å². The number of furan rings is 1. The SMILES string of the molecule is N#CCn1c(CSc2nnc(-c3ccco3)n2Cc2ccccc2)nc2ccccc2c1=O. The van der Waals surface area contributed by atoms with Crippen molar-refractivity contribution in [3.63, 3.8) is 0 Å². The molecule has 0 amide bonds. The van der Waals surface area contributed by atoms with Gasteiger partial charge in [0.25, 0.3) is 5.56 Å². The smallest absolute Gasteiger partial charge is 0.262 e. The van der Waals surface area contributed by atoms with Crippen LogP contribution in [0.3, 0.4) is 0 Å². The summed E-state index contributed by atoms with van der Waals surface area (Å²) >= 11 is 1.41. The monoisotopic (exact) mass is 454 g/mol. The maximum Gasteiger partial charge on any atom is 0.262 e. The summed E-state index contributed by atoms with van der Waals surface area (Å²) in [6.07, 6.45) is 1.60. The fraction of sp³-hybridized carbons (Fsp3) is 0.125. The van der Waals surface area contributed by atoms with Crippen LogP contribution >= 0.6 is 11.8 Å². The van der Waals surface area contributed by atoms with Crippen LogP contribution in [0.2, 0.25) is 0 Å². The molecule has 0 atom stereocenters. The maximum atomic E-state index is 12.9. The lowest BCUT2D eigenvalue weighted by molar-refractivity contribution is 0.569. The molecule has 0 aliphatic carbocycles. The molecule has 9 heteroatoms. The zero-order chi connectivity index (χ0) is 22.6. The highest BCUT2D eigenvalue weighted by atomic mass is 32.2. The van der Waals surface area contributed by atoms with Gasteiger partial charge in [0, 0.05) is 0 Å². The molecule has 0 fully saturated rings. The standard InChI is InChI=1S/C24H18N6O2S/c25-12-13-29-21(26-19-10-5-4-9-18(19)23(29)31)16-33-24-28-27-22(20-11-6-14-32-20)30(24)15-17-7-2-1-3-8-17/h1-11,14H,13,15-16H2. The summed E-state index contributed by atoms with van der Waals surface area (Å²) in [7, 11) is 0. The van der Waals surface area contributed by atoms with Crippen LogP contribution in [-0.4, -0.2) is 24.3 Å². The summed E-state index contributed by atoms with van der Waals surface area (Å²) < 4.78 is 8.96. The van der Waals surface area contributed by atoms with Gasteiger partial charge in [-0.2, -0.15) is 5.26 Å². The molecule has 0 aliphatic heterocycles. The molecule has 0 aliphatic rings. The van der Waals surface area contributed by atoms with Gasteiger partial charge in [0.15, 0.2) is 10.9 Å². The molecule has 0 bridgehead atoms. The minimum Gasteiger partial charge on any atom is -0.461 e. The Morgan fingerprint density at radius 3 is 2.58 bits per heavy atom. The summed E-state index contributed by atoms with van der Waals surface area (Å²) in [6.45, 7) is 0.489. The first kappa shape index (κ1) is 20.7. The second-order valence-corrected chi connectivity index (χ2v) is 8.18. The van der Waals surface area contributed by atoms with Crippen molar-refractivity contribution in [1.29, 1.82) is 5.26 Å². The van der Waals surface area contributed by atoms with Gasteiger partial charge < -0.3 is 4.42 Å². The average Bonchev–Trinajstić information content (AvgIpc) is 3.51. The minimum absolute atomic E-state index is 0.0685. The predicted octanol–water partition coefficient (Wildman–Crippen LogP) is 4.11. The lowest BCUT2D eigenvalue weighted by atomic mass is 10.2. The predicted molar refractivity (Wildman–Crippen MR) is 124 cm³/mol. The summed E-state index contributed by atoms with van der Waals surface area (Å²) in [5.74, 6) is 2.11. The van der Waals surface area contributed by atoms with Gasteiger partial charge in [-0.1, -0.05) is 54.2 Å². The van der Waals surface area contributed by atoms with E-state index in [1.807, 2.05) is 53.1 Å². The summed E-state index contributed by atoms with van der Waals surface area (Å²) in [5, 5.41) is 19.1. The van der Waals surface area contributed by atoms with Crippen LogP contribution < -0.4 is 5.56 Å². The van der Waals surface area contributed by atoms with E-state index in [9.17, 15) is 10.1 Å². The van der Waals surface area contributed by atoms with E-state index in [2.05, 4.69) is 21.3 Å². The second kappa shape index (κ2) is 9.14. The molecule has 5 rings (SSSR count). The van der Waals surface area contributed by atoms with E-state index < -0.39 is 0 Å². The van der Waals surface area contributed by atoms with Crippen LogP contribution in [0.5, 0.6) is 0 Å². The molecule has 3 aromatic heterocycles. The summed E-state index contributed by atoms with van der Waals surface area (Å²) in [5.41, 5.74) is 1.48. The van der Waals surface area contributed by atoms with Crippen molar-refractivity contribution in [3.8, 4) is 17.7 Å². The molecular formula is C24H18N6O2S. The van der Waals surface area contributed by atoms with E-state index in [0.29, 0.717) is 45.8 Å². The van der Waals surface area contributed by atoms with Crippen molar-refractivity contribution < 1.29 is 4.42 Å². The lowest BCUT2D eigenvalue weighted by Crippen LogP contribution is -2.24. The number of rotatable bonds is 7. The number of benzene rings is 2. The van der Waals surface area contributed by atoms with Crippen molar-refractivity contribution in [3.05, 3.63) is 94.7 Å². The fourth-order valence-corrected chi connectivity index (χ4v) is 4.46. The number of fused-ring (bicyclic) bond motifs is 1. The molecule has 8 nitrogen and oxygen atoms in total. The van der Waals surface area contributed by atoms with Gasteiger partial charge in [-0.3, -0.25) is 13.9 Å². The van der Waals surface area contributed by atoms with Crippen LogP contribution in [0.4, 0.5) is 0 Å². The molecule has 162 valence electrons. The molecule has 0 unspecified atom stereocenters. The first-order chi connectivity index (χ1) is 16.2. The van der Waals surface area contributed by atoms with Gasteiger partial charge in [-0.25, -0.2) is 4.98 Å². The molecule has 0 saturated heterocycles. The molecule has 33 heavy (non-hydrogen) atoms. The van der Waals surface area contributed by atoms with Gasteiger partial charge in [0.1, 0.15) is 12.4 Å². The van der Waals surface area contributed by atoms with Gasteiger partial charge in [-0.15, -0.1) is 10.2 Å². The van der Waals surface area contributed by atoms with Crippen molar-refractivity contribution >= 4 is 22.7 Å². The first-order valence-electron chi connectivity index (χ1n) is 10.2. The number of hydrogen-bond acceptors (Lipinski definition) is 7. The van der Waals surface area contributed by atoms with Crippen LogP contribution in [0.25, 0.3) is 22.5 Å². The highest BCUT2D eigenvalue weighted by Gasteiger charge is 2.18. The van der Waals surface area contributed by atoms with Gasteiger partial charge in [-0.05, 0) is 29.8 Å². The quantitative estimate of drug-likeness (QED) is 0.341. The topological polar surface area (TPSA) is 103 Å². The largest absolute Gasteiger partial charge is 0.461 e. The lowest BCUT2D eigenvalue weighted by Gasteiger charge is -2.12. The van der Waals surface area contributed by atoms with Crippen LogP contribution in [0, 0.1) is 11.3 Å². The Hall–Kier alpha value is -4.16. The Labute approximate surface area is 193 Å². The third-order valence-electron chi connectivity index (χ3n) is 5.14. The molecular weight excluding hydrogens is 436 g/mol. The number of hydrogen-bond donors (Lipinski definition) is 0. The average molecular weight is 455 g/mol. The van der Waals surface area contributed by atoms with Gasteiger partial charge in [0.05, 0.1) is 35.5 Å². The van der Waals surface area contributed by atoms with E-state index in [0.717, 1.165) is 5.56 Å². The first-order valence-corrected chi connectivity index (χ1v) is 11.2. The molecule has 0 saturated carbocycles. The van der Waals surface area contributed by atoms with Crippen molar-refractivity contribution in [2.75, 3.05) is 0 Å². The Balaban J connectivity index is 1.51. The zero-order valence-corrected chi connectivity index (χ0v) is 18.3. The van der Waals surface area contributed by atoms with Gasteiger partial charge in [0.2, 0.25) is 5.82 Å². The van der Waals surface area contributed by atoms with Crippen LogP contribution in [0.1, 0.15) is 11.4 Å². The van der Waals surface area contributed by atoms with Crippen molar-refractivity contribution in [2.45, 2.75) is 24.0 Å². The summed E-state index contributed by atoms with van der Waals surface area (Å²) in [4.78, 5) is 17.6. The number of para-hydroxylation sites is 1. The molecule has 2 aromatic carbocycles. The fourth-order valence-electron chi connectivity index (χ4n) is 3.58. The number of nitrogens with zero attached hydrogens (tertiary/aromatic N) is 6. The Kier molecular flexibility index (Phi) is 5.74. The summed E-state index contributed by atoms with van der Waals surface area (Å²) in [6, 6.07) is 22.9. The number of aromatic nitrogens is 5. The van der Waals surface area contributed by atoms with E-state index >= 15 is 0 Å². The highest BCUT2D eigenvalue weighted by molar-refractivity contribution is 7.98. The zero-order valence-electron chi connectivity index (χ0n) is 17.5. The third kappa shape index (κ3) is 4.16. The Morgan fingerprint density at radius 1 is 0.970 bits per heavy atom. The highest BCUT2D eigenvalue weighted by Crippen LogP contribution is 2.27. The van der Waals surface area contributed by atoms with Crippen molar-refractivity contribution in [2.24, 2.45) is 0 Å². The molecule has 0 N–H and O–H groups in total. The van der Waals surface area contributed by atoms with Crippen LogP contribution in [0.15, 0.2) is 87.4 Å². The molecule has 0 spiro atoms. The molecule has 5 aromatic rings. The number of nitriles is 1. The normalized spacial score (nSPS) is 11.0. The Bertz CT molecular complexity index is 1500. The van der Waals surface area contributed by atoms with E-state index in [4.69, 9.17) is 4.42 Å². The Morgan fingerprint density at radius 2 is 1.79 bits per heavy atom. The van der Waals surface area contributed by atoms with E-state index in [1.54, 1.807) is 24.5 Å². The van der Waals surface area contributed by atoms with Gasteiger partial charge >= 0.3 is 0 Å². The molecule has 3 heterocycles. The third-order valence-corrected chi connectivity index (χ3v) is 6.10.